The van der Waals surface area contributed by atoms with Gasteiger partial charge in [-0.3, -0.25) is 9.80 Å². The van der Waals surface area contributed by atoms with Crippen molar-refractivity contribution in [1.82, 2.24) is 19.9 Å². The summed E-state index contributed by atoms with van der Waals surface area (Å²) in [4.78, 5) is 26.9. The van der Waals surface area contributed by atoms with Gasteiger partial charge in [-0.15, -0.1) is 0 Å². The molecule has 2 aliphatic heterocycles. The molecule has 0 aliphatic carbocycles. The smallest absolute Gasteiger partial charge is 0.231 e. The van der Waals surface area contributed by atoms with Crippen LogP contribution in [0.5, 0.6) is 0 Å². The van der Waals surface area contributed by atoms with E-state index < -0.39 is 0 Å². The Morgan fingerprint density at radius 3 is 1.64 bits per heavy atom. The normalized spacial score (nSPS) is 18.2. The molecule has 0 spiro atoms. The zero-order valence-electron chi connectivity index (χ0n) is 22.1. The Morgan fingerprint density at radius 1 is 0.727 bits per heavy atom. The van der Waals surface area contributed by atoms with Gasteiger partial charge in [-0.2, -0.15) is 9.97 Å². The van der Waals surface area contributed by atoms with Crippen LogP contribution in [0.15, 0.2) is 0 Å². The third-order valence-corrected chi connectivity index (χ3v) is 6.11. The van der Waals surface area contributed by atoms with E-state index in [2.05, 4.69) is 25.1 Å². The predicted molar refractivity (Wildman–Crippen MR) is 125 cm³/mol. The van der Waals surface area contributed by atoms with Crippen molar-refractivity contribution >= 4 is 34.6 Å². The number of aliphatic hydroxyl groups excluding tert-OH is 3. The average molecular weight is 466 g/mol. The number of methoxy groups -OCH3 is 1. The number of hydrogen-bond donors (Lipinski definition) is 3. The summed E-state index contributed by atoms with van der Waals surface area (Å²) in [6.45, 7) is 3.08. The molecular weight excluding hydrogens is 428 g/mol. The lowest BCUT2D eigenvalue weighted by Crippen LogP contribution is -2.35. The molecular formula is C21H34N8O4. The fourth-order valence-corrected chi connectivity index (χ4v) is 4.36. The van der Waals surface area contributed by atoms with Crippen LogP contribution in [0, 0.1) is 0 Å². The Labute approximate surface area is 197 Å². The molecule has 2 aromatic rings. The monoisotopic (exact) mass is 465 g/mol. The molecule has 0 atom stereocenters. The standard InChI is InChI=1S/C21H34N8O4/c1-33-15-29(14-32)21-23-17-16(19(25-21)27-10-6-3-7-11-27)22-20(28(12-30)13-31)24-18(17)26-8-4-2-5-9-26/h30-32H,2-15H2,1H3/i30D,31D,32D. The van der Waals surface area contributed by atoms with Crippen LogP contribution in [0.1, 0.15) is 38.5 Å². The summed E-state index contributed by atoms with van der Waals surface area (Å²) >= 11 is 0. The maximum atomic E-state index is 7.27. The first-order valence-corrected chi connectivity index (χ1v) is 11.5. The molecule has 4 rings (SSSR count). The lowest BCUT2D eigenvalue weighted by atomic mass is 10.1. The number of nitrogens with zero attached hydrogens (tertiary/aromatic N) is 8. The highest BCUT2D eigenvalue weighted by atomic mass is 16.5. The number of piperidine rings is 2. The second kappa shape index (κ2) is 11.1. The van der Waals surface area contributed by atoms with E-state index in [-0.39, 0.29) is 32.9 Å². The maximum absolute atomic E-state index is 7.27. The van der Waals surface area contributed by atoms with Crippen LogP contribution >= 0.6 is 0 Å². The van der Waals surface area contributed by atoms with Crippen LogP contribution in [-0.4, -0.2) is 99.8 Å². The first-order chi connectivity index (χ1) is 17.7. The molecule has 0 amide bonds. The minimum absolute atomic E-state index is 0.0633. The first-order valence-electron chi connectivity index (χ1n) is 12.8. The second-order valence-corrected chi connectivity index (χ2v) is 8.37. The topological polar surface area (TPSA) is 134 Å². The zero-order valence-corrected chi connectivity index (χ0v) is 19.1. The largest absolute Gasteiger partial charge is 0.376 e. The van der Waals surface area contributed by atoms with Gasteiger partial charge >= 0.3 is 0 Å². The second-order valence-electron chi connectivity index (χ2n) is 8.37. The Bertz CT molecular complexity index is 893. The van der Waals surface area contributed by atoms with Crippen LogP contribution in [0.2, 0.25) is 0 Å². The third-order valence-electron chi connectivity index (χ3n) is 6.11. The highest BCUT2D eigenvalue weighted by Crippen LogP contribution is 2.34. The van der Waals surface area contributed by atoms with Crippen LogP contribution < -0.4 is 19.6 Å². The number of aromatic nitrogens is 4. The van der Waals surface area contributed by atoms with E-state index in [0.717, 1.165) is 64.7 Å². The molecule has 182 valence electrons. The maximum Gasteiger partial charge on any atom is 0.231 e. The summed E-state index contributed by atoms with van der Waals surface area (Å²) in [7, 11) is 1.56. The van der Waals surface area contributed by atoms with E-state index in [0.29, 0.717) is 28.6 Å². The molecule has 2 aliphatic rings. The number of hydrogen-bond acceptors (Lipinski definition) is 12. The molecule has 2 aromatic heterocycles. The van der Waals surface area contributed by atoms with Gasteiger partial charge in [0.1, 0.15) is 38.0 Å². The summed E-state index contributed by atoms with van der Waals surface area (Å²) < 4.78 is 27.0. The van der Waals surface area contributed by atoms with E-state index in [4.69, 9.17) is 29.0 Å². The van der Waals surface area contributed by atoms with E-state index in [1.54, 1.807) is 12.0 Å². The van der Waals surface area contributed by atoms with Crippen LogP contribution in [0.4, 0.5) is 23.5 Å². The predicted octanol–water partition coefficient (Wildman–Crippen LogP) is 0.467. The molecule has 0 aromatic carbocycles. The van der Waals surface area contributed by atoms with Crippen molar-refractivity contribution in [3.8, 4) is 0 Å². The highest BCUT2D eigenvalue weighted by molar-refractivity contribution is 5.95. The van der Waals surface area contributed by atoms with E-state index in [9.17, 15) is 0 Å². The van der Waals surface area contributed by atoms with Crippen molar-refractivity contribution < 1.29 is 20.1 Å². The van der Waals surface area contributed by atoms with Gasteiger partial charge in [0.25, 0.3) is 0 Å². The Balaban J connectivity index is 1.94. The minimum Gasteiger partial charge on any atom is -0.376 e. The summed E-state index contributed by atoms with van der Waals surface area (Å²) in [5.74, 6) is 1.97. The van der Waals surface area contributed by atoms with Crippen molar-refractivity contribution in [3.63, 3.8) is 0 Å². The van der Waals surface area contributed by atoms with E-state index in [1.807, 2.05) is 0 Å². The molecule has 4 heterocycles. The third kappa shape index (κ3) is 5.03. The van der Waals surface area contributed by atoms with E-state index >= 15 is 0 Å². The molecule has 12 nitrogen and oxygen atoms in total. The fourth-order valence-electron chi connectivity index (χ4n) is 4.36. The Hall–Kier alpha value is -2.54. The van der Waals surface area contributed by atoms with Gasteiger partial charge in [-0.1, -0.05) is 0 Å². The lowest BCUT2D eigenvalue weighted by Gasteiger charge is -2.32. The van der Waals surface area contributed by atoms with Crippen molar-refractivity contribution in [2.45, 2.75) is 38.5 Å². The summed E-state index contributed by atoms with van der Waals surface area (Å²) in [6, 6.07) is 0. The number of rotatable bonds is 12. The Kier molecular flexibility index (Phi) is 6.66. The van der Waals surface area contributed by atoms with Crippen LogP contribution in [0.3, 0.4) is 0 Å². The van der Waals surface area contributed by atoms with Gasteiger partial charge in [0.05, 0.1) is 0 Å². The molecule has 2 fully saturated rings. The van der Waals surface area contributed by atoms with E-state index in [1.165, 1.54) is 4.90 Å². The zero-order chi connectivity index (χ0) is 25.3. The summed E-state index contributed by atoms with van der Waals surface area (Å²) in [5, 5.41) is 13.8. The summed E-state index contributed by atoms with van der Waals surface area (Å²) in [5.41, 5.74) is 1.17. The fraction of sp³-hybridized carbons (Fsp3) is 0.714. The lowest BCUT2D eigenvalue weighted by molar-refractivity contribution is 0.166. The summed E-state index contributed by atoms with van der Waals surface area (Å²) in [6.07, 6.45) is 6.47. The minimum atomic E-state index is -0.162. The Morgan fingerprint density at radius 2 is 1.18 bits per heavy atom. The molecule has 0 radical (unpaired) electrons. The number of anilines is 4. The SMILES string of the molecule is [2H]OCN(CO[2H])c1nc(N2CCCCC2)c2nc(N(CO[2H])COC)nc(N3CCCCC3)c2n1. The van der Waals surface area contributed by atoms with Gasteiger partial charge in [0.15, 0.2) is 11.6 Å². The van der Waals surface area contributed by atoms with Gasteiger partial charge in [0.2, 0.25) is 16.2 Å². The molecule has 3 N–H and O–H groups in total. The first kappa shape index (κ1) is 19.9. The molecule has 33 heavy (non-hydrogen) atoms. The van der Waals surface area contributed by atoms with Gasteiger partial charge in [0, 0.05) is 33.3 Å². The van der Waals surface area contributed by atoms with Crippen molar-refractivity contribution in [2.75, 3.05) is 79.8 Å². The van der Waals surface area contributed by atoms with Gasteiger partial charge < -0.3 is 29.9 Å². The average Bonchev–Trinajstić information content (AvgIpc) is 2.92. The number of fused-ring (bicyclic) bond motifs is 1. The van der Waals surface area contributed by atoms with Crippen LogP contribution in [0.25, 0.3) is 11.0 Å². The highest BCUT2D eigenvalue weighted by Gasteiger charge is 2.26. The molecule has 2 saturated heterocycles. The van der Waals surface area contributed by atoms with Crippen molar-refractivity contribution in [2.24, 2.45) is 0 Å². The molecule has 0 saturated carbocycles. The number of aliphatic hydroxyl groups is 3. The van der Waals surface area contributed by atoms with Crippen molar-refractivity contribution in [3.05, 3.63) is 0 Å². The molecule has 12 heteroatoms. The number of ether oxygens (including phenoxy) is 1. The molecule has 0 unspecified atom stereocenters. The van der Waals surface area contributed by atoms with Gasteiger partial charge in [-0.05, 0) is 38.5 Å². The van der Waals surface area contributed by atoms with Gasteiger partial charge in [-0.25, -0.2) is 9.97 Å². The van der Waals surface area contributed by atoms with Crippen molar-refractivity contribution in [1.29, 1.82) is 4.29 Å². The molecule has 0 bridgehead atoms. The van der Waals surface area contributed by atoms with Crippen LogP contribution in [-0.2, 0) is 4.74 Å². The quantitative estimate of drug-likeness (QED) is 0.376.